The van der Waals surface area contributed by atoms with E-state index in [2.05, 4.69) is 15.9 Å². The number of halogens is 2. The molecule has 1 N–H and O–H groups in total. The molecule has 0 fully saturated rings. The SMILES string of the molecule is CCN(CC(C)(C)O)C(=O)c1ccc(Br)cc1F. The lowest BCUT2D eigenvalue weighted by atomic mass is 10.1. The Hall–Kier alpha value is -0.940. The summed E-state index contributed by atoms with van der Waals surface area (Å²) in [6, 6.07) is 4.31. The molecule has 0 saturated heterocycles. The van der Waals surface area contributed by atoms with Gasteiger partial charge in [0.1, 0.15) is 5.82 Å². The summed E-state index contributed by atoms with van der Waals surface area (Å²) in [6.45, 7) is 5.60. The van der Waals surface area contributed by atoms with E-state index < -0.39 is 17.3 Å². The number of nitrogens with zero attached hydrogens (tertiary/aromatic N) is 1. The molecule has 5 heteroatoms. The average molecular weight is 318 g/mol. The molecule has 0 aliphatic carbocycles. The minimum Gasteiger partial charge on any atom is -0.389 e. The lowest BCUT2D eigenvalue weighted by molar-refractivity contribution is 0.0312. The fraction of sp³-hybridized carbons (Fsp3) is 0.462. The van der Waals surface area contributed by atoms with Gasteiger partial charge in [-0.05, 0) is 39.0 Å². The van der Waals surface area contributed by atoms with Crippen molar-refractivity contribution in [2.75, 3.05) is 13.1 Å². The molecule has 100 valence electrons. The first kappa shape index (κ1) is 15.1. The Balaban J connectivity index is 2.97. The summed E-state index contributed by atoms with van der Waals surface area (Å²) >= 11 is 3.14. The Morgan fingerprint density at radius 3 is 2.56 bits per heavy atom. The van der Waals surface area contributed by atoms with E-state index in [1.165, 1.54) is 17.0 Å². The minimum atomic E-state index is -1.00. The van der Waals surface area contributed by atoms with E-state index >= 15 is 0 Å². The van der Waals surface area contributed by atoms with Gasteiger partial charge in [0.15, 0.2) is 0 Å². The number of amides is 1. The van der Waals surface area contributed by atoms with Gasteiger partial charge in [0.2, 0.25) is 0 Å². The Labute approximate surface area is 115 Å². The van der Waals surface area contributed by atoms with Crippen LogP contribution in [0.4, 0.5) is 4.39 Å². The Morgan fingerprint density at radius 1 is 1.50 bits per heavy atom. The van der Waals surface area contributed by atoms with E-state index in [1.807, 2.05) is 0 Å². The maximum absolute atomic E-state index is 13.7. The number of hydrogen-bond donors (Lipinski definition) is 1. The normalized spacial score (nSPS) is 11.4. The third-order valence-corrected chi connectivity index (χ3v) is 2.90. The summed E-state index contributed by atoms with van der Waals surface area (Å²) in [4.78, 5) is 13.6. The highest BCUT2D eigenvalue weighted by Crippen LogP contribution is 2.18. The van der Waals surface area contributed by atoms with Gasteiger partial charge in [-0.1, -0.05) is 15.9 Å². The maximum atomic E-state index is 13.7. The quantitative estimate of drug-likeness (QED) is 0.927. The number of aliphatic hydroxyl groups is 1. The summed E-state index contributed by atoms with van der Waals surface area (Å²) in [6.07, 6.45) is 0. The predicted molar refractivity (Wildman–Crippen MR) is 72.0 cm³/mol. The fourth-order valence-corrected chi connectivity index (χ4v) is 1.96. The van der Waals surface area contributed by atoms with Crippen LogP contribution < -0.4 is 0 Å². The first-order valence-corrected chi connectivity index (χ1v) is 6.50. The second-order valence-electron chi connectivity index (χ2n) is 4.76. The highest BCUT2D eigenvalue weighted by Gasteiger charge is 2.24. The highest BCUT2D eigenvalue weighted by atomic mass is 79.9. The van der Waals surface area contributed by atoms with Gasteiger partial charge in [-0.25, -0.2) is 4.39 Å². The monoisotopic (exact) mass is 317 g/mol. The van der Waals surface area contributed by atoms with Crippen LogP contribution in [0, 0.1) is 5.82 Å². The number of hydrogen-bond acceptors (Lipinski definition) is 2. The van der Waals surface area contributed by atoms with Crippen LogP contribution in [0.25, 0.3) is 0 Å². The molecule has 0 radical (unpaired) electrons. The molecular weight excluding hydrogens is 301 g/mol. The molecule has 1 amide bonds. The van der Waals surface area contributed by atoms with Gasteiger partial charge >= 0.3 is 0 Å². The van der Waals surface area contributed by atoms with E-state index in [9.17, 15) is 14.3 Å². The topological polar surface area (TPSA) is 40.5 Å². The third kappa shape index (κ3) is 4.07. The number of likely N-dealkylation sites (N-methyl/N-ethyl adjacent to an activating group) is 1. The summed E-state index contributed by atoms with van der Waals surface area (Å²) < 4.78 is 14.3. The van der Waals surface area contributed by atoms with Crippen LogP contribution in [0.15, 0.2) is 22.7 Å². The van der Waals surface area contributed by atoms with Crippen LogP contribution in [0.1, 0.15) is 31.1 Å². The van der Waals surface area contributed by atoms with Crippen molar-refractivity contribution in [3.05, 3.63) is 34.1 Å². The minimum absolute atomic E-state index is 0.0179. The van der Waals surface area contributed by atoms with Crippen LogP contribution in [-0.4, -0.2) is 34.6 Å². The lowest BCUT2D eigenvalue weighted by Crippen LogP contribution is -2.42. The van der Waals surface area contributed by atoms with Crippen LogP contribution in [-0.2, 0) is 0 Å². The largest absolute Gasteiger partial charge is 0.389 e. The second-order valence-corrected chi connectivity index (χ2v) is 5.67. The zero-order chi connectivity index (χ0) is 13.9. The second kappa shape index (κ2) is 5.80. The smallest absolute Gasteiger partial charge is 0.256 e. The molecular formula is C13H17BrFNO2. The fourth-order valence-electron chi connectivity index (χ4n) is 1.63. The first-order valence-electron chi connectivity index (χ1n) is 5.71. The molecule has 0 bridgehead atoms. The van der Waals surface area contributed by atoms with Crippen LogP contribution in [0.2, 0.25) is 0 Å². The molecule has 0 aliphatic rings. The van der Waals surface area contributed by atoms with Crippen molar-refractivity contribution in [2.24, 2.45) is 0 Å². The predicted octanol–water partition coefficient (Wildman–Crippen LogP) is 2.82. The van der Waals surface area contributed by atoms with Gasteiger partial charge in [0.25, 0.3) is 5.91 Å². The van der Waals surface area contributed by atoms with Crippen molar-refractivity contribution in [1.29, 1.82) is 0 Å². The molecule has 0 spiro atoms. The zero-order valence-electron chi connectivity index (χ0n) is 10.7. The van der Waals surface area contributed by atoms with Crippen molar-refractivity contribution in [3.8, 4) is 0 Å². The highest BCUT2D eigenvalue weighted by molar-refractivity contribution is 9.10. The van der Waals surface area contributed by atoms with Gasteiger partial charge in [-0.15, -0.1) is 0 Å². The molecule has 0 unspecified atom stereocenters. The number of rotatable bonds is 4. The van der Waals surface area contributed by atoms with Gasteiger partial charge in [0, 0.05) is 17.6 Å². The van der Waals surface area contributed by atoms with E-state index in [0.717, 1.165) is 0 Å². The standard InChI is InChI=1S/C13H17BrFNO2/c1-4-16(8-13(2,3)18)12(17)10-6-5-9(14)7-11(10)15/h5-7,18H,4,8H2,1-3H3. The molecule has 18 heavy (non-hydrogen) atoms. The van der Waals surface area contributed by atoms with Gasteiger partial charge in [-0.2, -0.15) is 0 Å². The first-order chi connectivity index (χ1) is 8.24. The maximum Gasteiger partial charge on any atom is 0.256 e. The number of carbonyl (C=O) groups is 1. The van der Waals surface area contributed by atoms with Crippen LogP contribution in [0.3, 0.4) is 0 Å². The van der Waals surface area contributed by atoms with Crippen molar-refractivity contribution < 1.29 is 14.3 Å². The van der Waals surface area contributed by atoms with Crippen molar-refractivity contribution in [1.82, 2.24) is 4.90 Å². The molecule has 0 aromatic heterocycles. The number of carbonyl (C=O) groups excluding carboxylic acids is 1. The van der Waals surface area contributed by atoms with Gasteiger partial charge < -0.3 is 10.0 Å². The van der Waals surface area contributed by atoms with E-state index in [0.29, 0.717) is 11.0 Å². The Bertz CT molecular complexity index is 443. The van der Waals surface area contributed by atoms with Gasteiger partial charge in [-0.3, -0.25) is 4.79 Å². The summed E-state index contributed by atoms with van der Waals surface area (Å²) in [5.41, 5.74) is -0.985. The van der Waals surface area contributed by atoms with E-state index in [4.69, 9.17) is 0 Å². The summed E-state index contributed by atoms with van der Waals surface area (Å²) in [5, 5.41) is 9.73. The molecule has 1 aromatic rings. The molecule has 1 rings (SSSR count). The summed E-state index contributed by atoms with van der Waals surface area (Å²) in [7, 11) is 0. The van der Waals surface area contributed by atoms with Crippen molar-refractivity contribution in [3.63, 3.8) is 0 Å². The van der Waals surface area contributed by atoms with Crippen LogP contribution >= 0.6 is 15.9 Å². The molecule has 0 heterocycles. The number of benzene rings is 1. The van der Waals surface area contributed by atoms with Crippen LogP contribution in [0.5, 0.6) is 0 Å². The summed E-state index contributed by atoms with van der Waals surface area (Å²) in [5.74, 6) is -0.979. The average Bonchev–Trinajstić information content (AvgIpc) is 2.24. The molecule has 0 aliphatic heterocycles. The third-order valence-electron chi connectivity index (χ3n) is 2.41. The van der Waals surface area contributed by atoms with Gasteiger partial charge in [0.05, 0.1) is 11.2 Å². The Morgan fingerprint density at radius 2 is 2.11 bits per heavy atom. The van der Waals surface area contributed by atoms with Crippen molar-refractivity contribution in [2.45, 2.75) is 26.4 Å². The molecule has 0 atom stereocenters. The zero-order valence-corrected chi connectivity index (χ0v) is 12.3. The Kier molecular flexibility index (Phi) is 4.87. The molecule has 3 nitrogen and oxygen atoms in total. The van der Waals surface area contributed by atoms with Crippen molar-refractivity contribution >= 4 is 21.8 Å². The molecule has 1 aromatic carbocycles. The molecule has 0 saturated carbocycles. The lowest BCUT2D eigenvalue weighted by Gasteiger charge is -2.28. The van der Waals surface area contributed by atoms with E-state index in [1.54, 1.807) is 26.8 Å². The van der Waals surface area contributed by atoms with E-state index in [-0.39, 0.29) is 12.1 Å².